The predicted octanol–water partition coefficient (Wildman–Crippen LogP) is 1.80. The van der Waals surface area contributed by atoms with Gasteiger partial charge in [-0.3, -0.25) is 0 Å². The first-order valence-electron chi connectivity index (χ1n) is 5.02. The lowest BCUT2D eigenvalue weighted by Crippen LogP contribution is -2.22. The van der Waals surface area contributed by atoms with Crippen LogP contribution in [0, 0.1) is 23.7 Å². The third-order valence-electron chi connectivity index (χ3n) is 4.39. The Balaban J connectivity index is 1.95. The van der Waals surface area contributed by atoms with Crippen LogP contribution in [0.15, 0.2) is 0 Å². The minimum Gasteiger partial charge on any atom is -0.393 e. The SMILES string of the molecule is OC1CCC2CC3CC2CC13. The number of hydrogen-bond donors (Lipinski definition) is 1. The maximum absolute atomic E-state index is 9.77. The highest BCUT2D eigenvalue weighted by Crippen LogP contribution is 2.57. The van der Waals surface area contributed by atoms with E-state index < -0.39 is 0 Å². The highest BCUT2D eigenvalue weighted by molar-refractivity contribution is 5.00. The zero-order chi connectivity index (χ0) is 7.42. The third kappa shape index (κ3) is 0.752. The number of rotatable bonds is 0. The molecule has 0 aromatic carbocycles. The van der Waals surface area contributed by atoms with Crippen LogP contribution in [0.5, 0.6) is 0 Å². The third-order valence-corrected chi connectivity index (χ3v) is 4.39. The fourth-order valence-electron chi connectivity index (χ4n) is 3.86. The molecule has 1 N–H and O–H groups in total. The molecule has 0 aliphatic heterocycles. The van der Waals surface area contributed by atoms with Crippen molar-refractivity contribution in [2.45, 2.75) is 38.2 Å². The van der Waals surface area contributed by atoms with Crippen molar-refractivity contribution < 1.29 is 5.11 Å². The fraction of sp³-hybridized carbons (Fsp3) is 1.00. The molecule has 4 aliphatic carbocycles. The number of hydrogen-bond acceptors (Lipinski definition) is 1. The molecule has 0 aromatic heterocycles. The molecule has 4 bridgehead atoms. The van der Waals surface area contributed by atoms with Gasteiger partial charge in [-0.05, 0) is 55.8 Å². The molecule has 5 unspecified atom stereocenters. The Bertz CT molecular complexity index is 178. The van der Waals surface area contributed by atoms with Gasteiger partial charge in [0.25, 0.3) is 0 Å². The summed E-state index contributed by atoms with van der Waals surface area (Å²) in [4.78, 5) is 0. The first kappa shape index (κ1) is 6.47. The van der Waals surface area contributed by atoms with Gasteiger partial charge in [0, 0.05) is 0 Å². The van der Waals surface area contributed by atoms with Crippen LogP contribution in [-0.2, 0) is 0 Å². The highest BCUT2D eigenvalue weighted by Gasteiger charge is 2.50. The van der Waals surface area contributed by atoms with Crippen molar-refractivity contribution >= 4 is 0 Å². The summed E-state index contributed by atoms with van der Waals surface area (Å²) in [7, 11) is 0. The Morgan fingerprint density at radius 3 is 2.36 bits per heavy atom. The number of aliphatic hydroxyl groups is 1. The molecule has 4 aliphatic rings. The van der Waals surface area contributed by atoms with Gasteiger partial charge in [-0.1, -0.05) is 0 Å². The maximum Gasteiger partial charge on any atom is 0.0571 e. The smallest absolute Gasteiger partial charge is 0.0571 e. The van der Waals surface area contributed by atoms with E-state index in [1.54, 1.807) is 0 Å². The monoisotopic (exact) mass is 152 g/mol. The Hall–Kier alpha value is -0.0400. The van der Waals surface area contributed by atoms with Crippen LogP contribution in [-0.4, -0.2) is 11.2 Å². The van der Waals surface area contributed by atoms with Gasteiger partial charge in [-0.25, -0.2) is 0 Å². The molecule has 0 aromatic rings. The van der Waals surface area contributed by atoms with Crippen molar-refractivity contribution in [3.05, 3.63) is 0 Å². The predicted molar refractivity (Wildman–Crippen MR) is 43.1 cm³/mol. The second-order valence-corrected chi connectivity index (χ2v) is 4.80. The molecule has 11 heavy (non-hydrogen) atoms. The summed E-state index contributed by atoms with van der Waals surface area (Å²) in [6, 6.07) is 0. The molecular formula is C10H16O. The highest BCUT2D eigenvalue weighted by atomic mass is 16.3. The standard InChI is InChI=1S/C10H16O/c11-10-2-1-6-3-8-4-7(6)5-9(8)10/h6-11H,1-5H2. The molecule has 4 fully saturated rings. The van der Waals surface area contributed by atoms with Crippen LogP contribution >= 0.6 is 0 Å². The average molecular weight is 152 g/mol. The zero-order valence-corrected chi connectivity index (χ0v) is 6.87. The van der Waals surface area contributed by atoms with E-state index in [1.165, 1.54) is 25.7 Å². The first-order valence-corrected chi connectivity index (χ1v) is 5.02. The lowest BCUT2D eigenvalue weighted by molar-refractivity contribution is 0.0841. The van der Waals surface area contributed by atoms with Gasteiger partial charge in [0.15, 0.2) is 0 Å². The van der Waals surface area contributed by atoms with Crippen molar-refractivity contribution in [3.8, 4) is 0 Å². The zero-order valence-electron chi connectivity index (χ0n) is 6.87. The topological polar surface area (TPSA) is 20.2 Å². The van der Waals surface area contributed by atoms with Crippen LogP contribution in [0.2, 0.25) is 0 Å². The summed E-state index contributed by atoms with van der Waals surface area (Å²) in [6.45, 7) is 0. The van der Waals surface area contributed by atoms with Crippen molar-refractivity contribution in [1.82, 2.24) is 0 Å². The largest absolute Gasteiger partial charge is 0.393 e. The van der Waals surface area contributed by atoms with Crippen LogP contribution in [0.4, 0.5) is 0 Å². The van der Waals surface area contributed by atoms with E-state index in [4.69, 9.17) is 0 Å². The van der Waals surface area contributed by atoms with E-state index in [0.29, 0.717) is 5.92 Å². The first-order chi connectivity index (χ1) is 5.34. The average Bonchev–Trinajstić information content (AvgIpc) is 2.50. The van der Waals surface area contributed by atoms with Gasteiger partial charge in [-0.2, -0.15) is 0 Å². The molecule has 4 rings (SSSR count). The van der Waals surface area contributed by atoms with E-state index in [1.807, 2.05) is 0 Å². The van der Waals surface area contributed by atoms with Crippen LogP contribution in [0.25, 0.3) is 0 Å². The fourth-order valence-corrected chi connectivity index (χ4v) is 3.86. The van der Waals surface area contributed by atoms with Gasteiger partial charge in [-0.15, -0.1) is 0 Å². The Morgan fingerprint density at radius 1 is 0.818 bits per heavy atom. The number of aliphatic hydroxyl groups excluding tert-OH is 1. The summed E-state index contributed by atoms with van der Waals surface area (Å²) in [6.07, 6.45) is 6.74. The molecule has 5 atom stereocenters. The quantitative estimate of drug-likeness (QED) is 0.561. The van der Waals surface area contributed by atoms with E-state index in [-0.39, 0.29) is 6.10 Å². The second kappa shape index (κ2) is 2.01. The molecule has 1 heteroatoms. The van der Waals surface area contributed by atoms with Crippen LogP contribution in [0.3, 0.4) is 0 Å². The molecule has 0 amide bonds. The van der Waals surface area contributed by atoms with Crippen LogP contribution < -0.4 is 0 Å². The number of fused-ring (bicyclic) bond motifs is 2. The summed E-state index contributed by atoms with van der Waals surface area (Å²) >= 11 is 0. The van der Waals surface area contributed by atoms with Crippen molar-refractivity contribution in [1.29, 1.82) is 0 Å². The summed E-state index contributed by atoms with van der Waals surface area (Å²) in [5, 5.41) is 9.77. The molecule has 1 nitrogen and oxygen atoms in total. The van der Waals surface area contributed by atoms with Crippen molar-refractivity contribution in [2.24, 2.45) is 23.7 Å². The molecule has 4 saturated carbocycles. The Morgan fingerprint density at radius 2 is 1.64 bits per heavy atom. The molecule has 0 radical (unpaired) electrons. The van der Waals surface area contributed by atoms with E-state index >= 15 is 0 Å². The molecule has 0 spiro atoms. The molecular weight excluding hydrogens is 136 g/mol. The summed E-state index contributed by atoms with van der Waals surface area (Å²) < 4.78 is 0. The molecule has 62 valence electrons. The maximum atomic E-state index is 9.77. The molecule has 0 saturated heterocycles. The van der Waals surface area contributed by atoms with Gasteiger partial charge < -0.3 is 5.11 Å². The Kier molecular flexibility index (Phi) is 1.18. The van der Waals surface area contributed by atoms with E-state index in [2.05, 4.69) is 0 Å². The lowest BCUT2D eigenvalue weighted by Gasteiger charge is -2.24. The van der Waals surface area contributed by atoms with E-state index in [0.717, 1.165) is 24.2 Å². The summed E-state index contributed by atoms with van der Waals surface area (Å²) in [5.74, 6) is 3.65. The van der Waals surface area contributed by atoms with Crippen molar-refractivity contribution in [3.63, 3.8) is 0 Å². The normalized spacial score (nSPS) is 60.3. The van der Waals surface area contributed by atoms with Crippen LogP contribution in [0.1, 0.15) is 32.1 Å². The van der Waals surface area contributed by atoms with Gasteiger partial charge in [0.1, 0.15) is 0 Å². The minimum atomic E-state index is 0.0671. The minimum absolute atomic E-state index is 0.0671. The van der Waals surface area contributed by atoms with E-state index in [9.17, 15) is 5.11 Å². The van der Waals surface area contributed by atoms with Crippen molar-refractivity contribution in [2.75, 3.05) is 0 Å². The lowest BCUT2D eigenvalue weighted by atomic mass is 9.83. The Labute approximate surface area is 67.8 Å². The van der Waals surface area contributed by atoms with Gasteiger partial charge >= 0.3 is 0 Å². The molecule has 0 heterocycles. The summed E-state index contributed by atoms with van der Waals surface area (Å²) in [5.41, 5.74) is 0. The van der Waals surface area contributed by atoms with Gasteiger partial charge in [0.2, 0.25) is 0 Å². The second-order valence-electron chi connectivity index (χ2n) is 4.80. The van der Waals surface area contributed by atoms with Gasteiger partial charge in [0.05, 0.1) is 6.10 Å².